The number of rotatable bonds is 2. The molecular formula is C7H18N2Sn. The molecule has 0 aliphatic carbocycles. The zero-order valence-corrected chi connectivity index (χ0v) is 10.4. The predicted octanol–water partition coefficient (Wildman–Crippen LogP) is 1.30. The monoisotopic (exact) mass is 250 g/mol. The summed E-state index contributed by atoms with van der Waals surface area (Å²) < 4.78 is 8.15. The fourth-order valence-corrected chi connectivity index (χ4v) is 13.4. The topological polar surface area (TPSA) is 6.48 Å². The van der Waals surface area contributed by atoms with E-state index in [-0.39, 0.29) is 0 Å². The van der Waals surface area contributed by atoms with E-state index >= 15 is 0 Å². The van der Waals surface area contributed by atoms with Gasteiger partial charge in [0, 0.05) is 0 Å². The summed E-state index contributed by atoms with van der Waals surface area (Å²) in [6.45, 7) is 5.93. The fourth-order valence-electron chi connectivity index (χ4n) is 2.12. The Morgan fingerprint density at radius 2 is 1.50 bits per heavy atom. The molecule has 60 valence electrons. The molecule has 0 aromatic heterocycles. The Hall–Kier alpha value is 0.719. The van der Waals surface area contributed by atoms with Crippen molar-refractivity contribution >= 4 is 18.9 Å². The molecule has 0 amide bonds. The maximum absolute atomic E-state index is 2.63. The van der Waals surface area contributed by atoms with Crippen LogP contribution in [0.5, 0.6) is 0 Å². The van der Waals surface area contributed by atoms with Crippen molar-refractivity contribution in [2.75, 3.05) is 20.8 Å². The van der Waals surface area contributed by atoms with Crippen LogP contribution < -0.4 is 0 Å². The molecule has 0 saturated carbocycles. The van der Waals surface area contributed by atoms with Crippen LogP contribution in [-0.2, 0) is 0 Å². The van der Waals surface area contributed by atoms with E-state index in [2.05, 4.69) is 34.2 Å². The van der Waals surface area contributed by atoms with E-state index in [0.717, 1.165) is 0 Å². The van der Waals surface area contributed by atoms with Gasteiger partial charge in [0.05, 0.1) is 0 Å². The summed E-state index contributed by atoms with van der Waals surface area (Å²) in [4.78, 5) is 0. The summed E-state index contributed by atoms with van der Waals surface area (Å²) in [6.07, 6.45) is 0. The van der Waals surface area contributed by atoms with Gasteiger partial charge >= 0.3 is 68.7 Å². The van der Waals surface area contributed by atoms with Gasteiger partial charge in [-0.15, -0.1) is 0 Å². The van der Waals surface area contributed by atoms with Gasteiger partial charge < -0.3 is 0 Å². The Balaban J connectivity index is 2.61. The molecule has 0 atom stereocenters. The first-order valence-electron chi connectivity index (χ1n) is 4.10. The molecule has 0 aromatic carbocycles. The van der Waals surface area contributed by atoms with Gasteiger partial charge in [0.25, 0.3) is 0 Å². The van der Waals surface area contributed by atoms with E-state index in [1.54, 1.807) is 0 Å². The van der Waals surface area contributed by atoms with Gasteiger partial charge in [-0.3, -0.25) is 0 Å². The number of nitrogens with zero attached hydrogens (tertiary/aromatic N) is 2. The van der Waals surface area contributed by atoms with E-state index in [1.807, 2.05) is 0 Å². The molecule has 0 radical (unpaired) electrons. The number of hydrogen-bond acceptors (Lipinski definition) is 2. The van der Waals surface area contributed by atoms with Crippen LogP contribution in [0.2, 0.25) is 8.87 Å². The predicted molar refractivity (Wildman–Crippen MR) is 47.1 cm³/mol. The van der Waals surface area contributed by atoms with Crippen molar-refractivity contribution in [2.24, 2.45) is 0 Å². The Kier molecular flexibility index (Phi) is 2.63. The average Bonchev–Trinajstić information content (AvgIpc) is 1.91. The Bertz CT molecular complexity index is 113. The van der Waals surface area contributed by atoms with Gasteiger partial charge in [-0.05, 0) is 0 Å². The molecule has 2 nitrogen and oxygen atoms in total. The molecule has 1 fully saturated rings. The van der Waals surface area contributed by atoms with Crippen LogP contribution in [0.15, 0.2) is 0 Å². The second-order valence-electron chi connectivity index (χ2n) is 3.23. The Labute approximate surface area is 68.8 Å². The molecule has 0 spiro atoms. The molecule has 1 aliphatic rings. The number of hydrogen-bond donors (Lipinski definition) is 0. The maximum atomic E-state index is 2.63. The SMILES string of the molecule is C[CH2][Sn]1([CH2]C)[N](C)C[N]1C. The fraction of sp³-hybridized carbons (Fsp3) is 1.00. The van der Waals surface area contributed by atoms with E-state index in [9.17, 15) is 0 Å². The third-order valence-corrected chi connectivity index (χ3v) is 18.4. The molecular weight excluding hydrogens is 231 g/mol. The quantitative estimate of drug-likeness (QED) is 0.680. The van der Waals surface area contributed by atoms with Gasteiger partial charge in [0.15, 0.2) is 0 Å². The van der Waals surface area contributed by atoms with Crippen molar-refractivity contribution in [3.63, 3.8) is 0 Å². The van der Waals surface area contributed by atoms with Gasteiger partial charge in [-0.1, -0.05) is 0 Å². The first-order chi connectivity index (χ1) is 4.67. The normalized spacial score (nSPS) is 26.4. The first kappa shape index (κ1) is 8.81. The second-order valence-corrected chi connectivity index (χ2v) is 17.2. The van der Waals surface area contributed by atoms with Crippen molar-refractivity contribution in [1.29, 1.82) is 0 Å². The van der Waals surface area contributed by atoms with Crippen LogP contribution in [0.1, 0.15) is 13.8 Å². The minimum absolute atomic E-state index is 1.22. The summed E-state index contributed by atoms with van der Waals surface area (Å²) >= 11 is -1.76. The van der Waals surface area contributed by atoms with E-state index in [1.165, 1.54) is 15.5 Å². The molecule has 0 bridgehead atoms. The molecule has 1 rings (SSSR count). The molecule has 1 heterocycles. The molecule has 0 unspecified atom stereocenters. The van der Waals surface area contributed by atoms with Crippen LogP contribution in [0.25, 0.3) is 0 Å². The summed E-state index contributed by atoms with van der Waals surface area (Å²) in [5, 5.41) is 0. The van der Waals surface area contributed by atoms with Gasteiger partial charge in [-0.25, -0.2) is 0 Å². The van der Waals surface area contributed by atoms with Crippen molar-refractivity contribution < 1.29 is 0 Å². The second kappa shape index (κ2) is 2.99. The van der Waals surface area contributed by atoms with E-state index in [0.29, 0.717) is 0 Å². The van der Waals surface area contributed by atoms with Crippen LogP contribution in [0, 0.1) is 0 Å². The molecule has 10 heavy (non-hydrogen) atoms. The van der Waals surface area contributed by atoms with E-state index in [4.69, 9.17) is 0 Å². The average molecular weight is 249 g/mol. The van der Waals surface area contributed by atoms with Crippen molar-refractivity contribution in [3.8, 4) is 0 Å². The molecule has 3 heteroatoms. The third-order valence-electron chi connectivity index (χ3n) is 2.98. The van der Waals surface area contributed by atoms with Crippen LogP contribution in [0.3, 0.4) is 0 Å². The van der Waals surface area contributed by atoms with Crippen molar-refractivity contribution in [1.82, 2.24) is 6.24 Å². The standard InChI is InChI=1S/C3H8N2.2C2H5.Sn/c1-4-3-5-2;2*1-2;/h3H2,1-2H3;2*1H2,2H3;/q-2;;;+2. The van der Waals surface area contributed by atoms with Crippen molar-refractivity contribution in [2.45, 2.75) is 22.7 Å². The Morgan fingerprint density at radius 1 is 1.10 bits per heavy atom. The van der Waals surface area contributed by atoms with Gasteiger partial charge in [-0.2, -0.15) is 0 Å². The molecule has 1 aliphatic heterocycles. The first-order valence-corrected chi connectivity index (χ1v) is 10.7. The molecule has 1 saturated heterocycles. The van der Waals surface area contributed by atoms with Crippen LogP contribution in [-0.4, -0.2) is 45.9 Å². The zero-order chi connectivity index (χ0) is 7.78. The minimum atomic E-state index is -1.76. The van der Waals surface area contributed by atoms with E-state index < -0.39 is 18.9 Å². The van der Waals surface area contributed by atoms with Gasteiger partial charge in [0.1, 0.15) is 0 Å². The summed E-state index contributed by atoms with van der Waals surface area (Å²) in [5.74, 6) is 0. The molecule has 0 N–H and O–H groups in total. The summed E-state index contributed by atoms with van der Waals surface area (Å²) in [5.41, 5.74) is 0. The van der Waals surface area contributed by atoms with Crippen LogP contribution in [0.4, 0.5) is 0 Å². The third kappa shape index (κ3) is 1.01. The van der Waals surface area contributed by atoms with Crippen LogP contribution >= 0.6 is 0 Å². The summed E-state index contributed by atoms with van der Waals surface area (Å²) in [6, 6.07) is 0. The van der Waals surface area contributed by atoms with Gasteiger partial charge in [0.2, 0.25) is 0 Å². The van der Waals surface area contributed by atoms with Crippen molar-refractivity contribution in [3.05, 3.63) is 0 Å². The molecule has 0 aromatic rings. The zero-order valence-electron chi connectivity index (χ0n) is 7.52. The Morgan fingerprint density at radius 3 is 1.60 bits per heavy atom. The summed E-state index contributed by atoms with van der Waals surface area (Å²) in [7, 11) is 4.59.